The lowest BCUT2D eigenvalue weighted by atomic mass is 10.1. The maximum absolute atomic E-state index is 13.8. The molecule has 8 heteroatoms. The number of aryl methyl sites for hydroxylation is 1. The second-order valence-electron chi connectivity index (χ2n) is 6.84. The van der Waals surface area contributed by atoms with E-state index in [0.29, 0.717) is 19.0 Å². The van der Waals surface area contributed by atoms with Gasteiger partial charge >= 0.3 is 0 Å². The molecule has 2 aromatic rings. The molecule has 154 valence electrons. The molecule has 7 nitrogen and oxygen atoms in total. The molecule has 2 atom stereocenters. The Morgan fingerprint density at radius 2 is 2.00 bits per heavy atom. The van der Waals surface area contributed by atoms with Crippen molar-refractivity contribution in [3.8, 4) is 5.75 Å². The van der Waals surface area contributed by atoms with E-state index < -0.39 is 0 Å². The summed E-state index contributed by atoms with van der Waals surface area (Å²) in [6, 6.07) is 6.61. The fraction of sp³-hybridized carbons (Fsp3) is 0.500. The van der Waals surface area contributed by atoms with Gasteiger partial charge in [-0.05, 0) is 32.6 Å². The molecule has 1 aromatic heterocycles. The average Bonchev–Trinajstić information content (AvgIpc) is 3.10. The van der Waals surface area contributed by atoms with Crippen LogP contribution in [0.25, 0.3) is 0 Å². The molecular formula is C20H31FN6O. The van der Waals surface area contributed by atoms with Crippen LogP contribution in [0.15, 0.2) is 41.7 Å². The Labute approximate surface area is 166 Å². The van der Waals surface area contributed by atoms with Crippen molar-refractivity contribution in [1.29, 1.82) is 0 Å². The van der Waals surface area contributed by atoms with E-state index in [9.17, 15) is 4.39 Å². The van der Waals surface area contributed by atoms with Crippen molar-refractivity contribution in [3.63, 3.8) is 0 Å². The van der Waals surface area contributed by atoms with Crippen LogP contribution in [0.4, 0.5) is 4.39 Å². The van der Waals surface area contributed by atoms with Crippen LogP contribution >= 0.6 is 0 Å². The van der Waals surface area contributed by atoms with Gasteiger partial charge in [0.25, 0.3) is 0 Å². The highest BCUT2D eigenvalue weighted by Crippen LogP contribution is 2.18. The van der Waals surface area contributed by atoms with Crippen LogP contribution in [0.3, 0.4) is 0 Å². The zero-order valence-corrected chi connectivity index (χ0v) is 17.3. The zero-order valence-electron chi connectivity index (χ0n) is 17.3. The predicted molar refractivity (Wildman–Crippen MR) is 110 cm³/mol. The van der Waals surface area contributed by atoms with Gasteiger partial charge in [-0.2, -0.15) is 5.10 Å². The molecule has 2 rings (SSSR count). The third kappa shape index (κ3) is 6.23. The van der Waals surface area contributed by atoms with Gasteiger partial charge < -0.3 is 20.3 Å². The Hall–Kier alpha value is -2.61. The first-order valence-electron chi connectivity index (χ1n) is 9.45. The number of nitrogens with one attached hydrogen (secondary N) is 2. The van der Waals surface area contributed by atoms with Crippen molar-refractivity contribution in [3.05, 3.63) is 48.0 Å². The molecule has 28 heavy (non-hydrogen) atoms. The SMILES string of the molecule is CCC(CNC(=NC)NCC(c1cnn(C)c1)N(C)C)Oc1ccccc1F. The first-order chi connectivity index (χ1) is 13.4. The number of hydrogen-bond acceptors (Lipinski definition) is 4. The van der Waals surface area contributed by atoms with Crippen molar-refractivity contribution >= 4 is 5.96 Å². The van der Waals surface area contributed by atoms with Crippen molar-refractivity contribution < 1.29 is 9.13 Å². The lowest BCUT2D eigenvalue weighted by molar-refractivity contribution is 0.191. The summed E-state index contributed by atoms with van der Waals surface area (Å²) >= 11 is 0. The fourth-order valence-corrected chi connectivity index (χ4v) is 2.82. The number of aliphatic imine (C=N–C) groups is 1. The lowest BCUT2D eigenvalue weighted by Gasteiger charge is -2.25. The Bertz CT molecular complexity index is 761. The highest BCUT2D eigenvalue weighted by Gasteiger charge is 2.17. The first-order valence-corrected chi connectivity index (χ1v) is 9.45. The van der Waals surface area contributed by atoms with Gasteiger partial charge in [0.2, 0.25) is 0 Å². The summed E-state index contributed by atoms with van der Waals surface area (Å²) < 4.78 is 21.4. The first kappa shape index (κ1) is 21.7. The largest absolute Gasteiger partial charge is 0.486 e. The molecular weight excluding hydrogens is 359 g/mol. The van der Waals surface area contributed by atoms with E-state index >= 15 is 0 Å². The van der Waals surface area contributed by atoms with Crippen LogP contribution in [-0.4, -0.2) is 61.0 Å². The van der Waals surface area contributed by atoms with E-state index in [1.807, 2.05) is 40.5 Å². The molecule has 0 spiro atoms. The van der Waals surface area contributed by atoms with Crippen molar-refractivity contribution in [2.75, 3.05) is 34.2 Å². The molecule has 0 bridgehead atoms. The third-order valence-electron chi connectivity index (χ3n) is 4.50. The molecule has 0 saturated carbocycles. The number of aromatic nitrogens is 2. The summed E-state index contributed by atoms with van der Waals surface area (Å²) in [4.78, 5) is 6.41. The Morgan fingerprint density at radius 1 is 1.29 bits per heavy atom. The molecule has 0 aliphatic carbocycles. The number of guanidine groups is 1. The Balaban J connectivity index is 1.89. The minimum absolute atomic E-state index is 0.156. The summed E-state index contributed by atoms with van der Waals surface area (Å²) in [5.41, 5.74) is 1.13. The van der Waals surface area contributed by atoms with Gasteiger partial charge in [0, 0.05) is 32.4 Å². The number of halogens is 1. The normalized spacial score (nSPS) is 14.0. The second kappa shape index (κ2) is 10.7. The average molecular weight is 391 g/mol. The molecule has 1 heterocycles. The van der Waals surface area contributed by atoms with Gasteiger partial charge in [0.05, 0.1) is 18.8 Å². The van der Waals surface area contributed by atoms with E-state index in [4.69, 9.17) is 4.74 Å². The van der Waals surface area contributed by atoms with Crippen molar-refractivity contribution in [1.82, 2.24) is 25.3 Å². The number of hydrogen-bond donors (Lipinski definition) is 2. The zero-order chi connectivity index (χ0) is 20.5. The quantitative estimate of drug-likeness (QED) is 0.508. The van der Waals surface area contributed by atoms with Crippen LogP contribution < -0.4 is 15.4 Å². The Morgan fingerprint density at radius 3 is 2.57 bits per heavy atom. The van der Waals surface area contributed by atoms with Gasteiger partial charge in [0.15, 0.2) is 17.5 Å². The highest BCUT2D eigenvalue weighted by atomic mass is 19.1. The molecule has 1 aromatic carbocycles. The lowest BCUT2D eigenvalue weighted by Crippen LogP contribution is -2.45. The van der Waals surface area contributed by atoms with E-state index in [-0.39, 0.29) is 23.7 Å². The summed E-state index contributed by atoms with van der Waals surface area (Å²) in [5.74, 6) is 0.587. The van der Waals surface area contributed by atoms with E-state index in [1.54, 1.807) is 29.9 Å². The van der Waals surface area contributed by atoms with E-state index in [2.05, 4.69) is 25.6 Å². The minimum atomic E-state index is -0.353. The van der Waals surface area contributed by atoms with E-state index in [1.165, 1.54) is 6.07 Å². The minimum Gasteiger partial charge on any atom is -0.486 e. The molecule has 0 aliphatic heterocycles. The van der Waals surface area contributed by atoms with Crippen LogP contribution in [0.1, 0.15) is 24.9 Å². The third-order valence-corrected chi connectivity index (χ3v) is 4.50. The predicted octanol–water partition coefficient (Wildman–Crippen LogP) is 2.18. The summed E-state index contributed by atoms with van der Waals surface area (Å²) in [6.45, 7) is 3.20. The Kier molecular flexibility index (Phi) is 8.25. The number of nitrogens with zero attached hydrogens (tertiary/aromatic N) is 4. The number of likely N-dealkylation sites (N-methyl/N-ethyl adjacent to an activating group) is 1. The number of para-hydroxylation sites is 1. The molecule has 0 saturated heterocycles. The smallest absolute Gasteiger partial charge is 0.191 e. The van der Waals surface area contributed by atoms with Crippen LogP contribution in [0, 0.1) is 5.82 Å². The summed E-state index contributed by atoms with van der Waals surface area (Å²) in [5, 5.41) is 10.9. The molecule has 2 N–H and O–H groups in total. The van der Waals surface area contributed by atoms with Crippen LogP contribution in [0.5, 0.6) is 5.75 Å². The molecule has 0 aliphatic rings. The van der Waals surface area contributed by atoms with Gasteiger partial charge in [-0.15, -0.1) is 0 Å². The van der Waals surface area contributed by atoms with Gasteiger partial charge in [-0.1, -0.05) is 19.1 Å². The maximum atomic E-state index is 13.8. The number of ether oxygens (including phenoxy) is 1. The van der Waals surface area contributed by atoms with Crippen LogP contribution in [-0.2, 0) is 7.05 Å². The van der Waals surface area contributed by atoms with E-state index in [0.717, 1.165) is 12.0 Å². The summed E-state index contributed by atoms with van der Waals surface area (Å²) in [6.07, 6.45) is 4.46. The summed E-state index contributed by atoms with van der Waals surface area (Å²) in [7, 11) is 7.70. The topological polar surface area (TPSA) is 66.7 Å². The monoisotopic (exact) mass is 390 g/mol. The van der Waals surface area contributed by atoms with Crippen molar-refractivity contribution in [2.24, 2.45) is 12.0 Å². The van der Waals surface area contributed by atoms with Gasteiger partial charge in [-0.25, -0.2) is 4.39 Å². The van der Waals surface area contributed by atoms with Gasteiger partial charge in [-0.3, -0.25) is 9.67 Å². The molecule has 0 amide bonds. The molecule has 2 unspecified atom stereocenters. The number of rotatable bonds is 9. The molecule has 0 radical (unpaired) electrons. The van der Waals surface area contributed by atoms with Crippen LogP contribution in [0.2, 0.25) is 0 Å². The highest BCUT2D eigenvalue weighted by molar-refractivity contribution is 5.79. The fourth-order valence-electron chi connectivity index (χ4n) is 2.82. The second-order valence-corrected chi connectivity index (χ2v) is 6.84. The number of benzene rings is 1. The maximum Gasteiger partial charge on any atom is 0.191 e. The molecule has 0 fully saturated rings. The standard InChI is InChI=1S/C20H31FN6O/c1-6-16(28-19-10-8-7-9-17(19)21)12-23-20(22-2)24-13-18(26(3)4)15-11-25-27(5)14-15/h7-11,14,16,18H,6,12-13H2,1-5H3,(H2,22,23,24). The van der Waals surface area contributed by atoms with Gasteiger partial charge in [0.1, 0.15) is 6.10 Å². The van der Waals surface area contributed by atoms with Crippen molar-refractivity contribution in [2.45, 2.75) is 25.5 Å².